The highest BCUT2D eigenvalue weighted by molar-refractivity contribution is 7.09. The SMILES string of the molecule is Cc1nc(-c2[nH]n(-c3ccccc3)c(=O)c2C(N)=O)cs1. The quantitative estimate of drug-likeness (QED) is 0.770. The molecule has 0 radical (unpaired) electrons. The van der Waals surface area contributed by atoms with Crippen molar-refractivity contribution in [3.63, 3.8) is 0 Å². The molecule has 0 saturated heterocycles. The first-order valence-corrected chi connectivity index (χ1v) is 7.08. The third-order valence-corrected chi connectivity index (χ3v) is 3.80. The Morgan fingerprint density at radius 2 is 2.05 bits per heavy atom. The second-order valence-corrected chi connectivity index (χ2v) is 5.52. The van der Waals surface area contributed by atoms with Crippen molar-refractivity contribution in [2.45, 2.75) is 6.92 Å². The molecule has 1 aromatic carbocycles. The molecule has 0 aliphatic heterocycles. The van der Waals surface area contributed by atoms with E-state index in [2.05, 4.69) is 10.1 Å². The Morgan fingerprint density at radius 1 is 1.33 bits per heavy atom. The summed E-state index contributed by atoms with van der Waals surface area (Å²) in [6.07, 6.45) is 0. The van der Waals surface area contributed by atoms with Crippen molar-refractivity contribution in [2.75, 3.05) is 0 Å². The topological polar surface area (TPSA) is 93.8 Å². The van der Waals surface area contributed by atoms with E-state index in [9.17, 15) is 9.59 Å². The number of H-pyrrole nitrogens is 1. The van der Waals surface area contributed by atoms with Gasteiger partial charge in [-0.1, -0.05) is 18.2 Å². The Bertz CT molecular complexity index is 861. The number of thiazole rings is 1. The van der Waals surface area contributed by atoms with Gasteiger partial charge in [0.2, 0.25) is 0 Å². The maximum absolute atomic E-state index is 12.4. The number of carbonyl (C=O) groups is 1. The Kier molecular flexibility index (Phi) is 3.19. The molecule has 3 aromatic rings. The van der Waals surface area contributed by atoms with Crippen LogP contribution in [0.2, 0.25) is 0 Å². The number of nitrogens with one attached hydrogen (secondary N) is 1. The predicted molar refractivity (Wildman–Crippen MR) is 80.8 cm³/mol. The van der Waals surface area contributed by atoms with Crippen LogP contribution in [-0.4, -0.2) is 20.7 Å². The normalized spacial score (nSPS) is 10.7. The van der Waals surface area contributed by atoms with E-state index in [0.29, 0.717) is 17.1 Å². The van der Waals surface area contributed by atoms with E-state index >= 15 is 0 Å². The van der Waals surface area contributed by atoms with E-state index in [4.69, 9.17) is 5.73 Å². The fraction of sp³-hybridized carbons (Fsp3) is 0.0714. The molecule has 0 fully saturated rings. The van der Waals surface area contributed by atoms with Crippen molar-refractivity contribution in [2.24, 2.45) is 5.73 Å². The zero-order valence-electron chi connectivity index (χ0n) is 11.2. The van der Waals surface area contributed by atoms with Gasteiger partial charge >= 0.3 is 0 Å². The number of benzene rings is 1. The lowest BCUT2D eigenvalue weighted by atomic mass is 10.2. The van der Waals surface area contributed by atoms with Gasteiger partial charge in [-0.2, -0.15) is 0 Å². The fourth-order valence-electron chi connectivity index (χ4n) is 2.09. The van der Waals surface area contributed by atoms with Gasteiger partial charge in [-0.25, -0.2) is 9.67 Å². The first kappa shape index (κ1) is 13.3. The number of hydrogen-bond acceptors (Lipinski definition) is 4. The molecule has 106 valence electrons. The van der Waals surface area contributed by atoms with Crippen molar-refractivity contribution in [3.05, 3.63) is 56.6 Å². The fourth-order valence-corrected chi connectivity index (χ4v) is 2.69. The molecule has 3 N–H and O–H groups in total. The molecule has 3 rings (SSSR count). The zero-order valence-corrected chi connectivity index (χ0v) is 12.0. The minimum atomic E-state index is -0.772. The Labute approximate surface area is 123 Å². The monoisotopic (exact) mass is 300 g/mol. The van der Waals surface area contributed by atoms with Crippen LogP contribution < -0.4 is 11.3 Å². The summed E-state index contributed by atoms with van der Waals surface area (Å²) < 4.78 is 1.30. The number of aryl methyl sites for hydroxylation is 1. The van der Waals surface area contributed by atoms with Crippen LogP contribution in [0.1, 0.15) is 15.4 Å². The smallest absolute Gasteiger partial charge is 0.284 e. The molecule has 0 aliphatic carbocycles. The third-order valence-electron chi connectivity index (χ3n) is 3.03. The lowest BCUT2D eigenvalue weighted by Crippen LogP contribution is -2.24. The van der Waals surface area contributed by atoms with E-state index in [1.807, 2.05) is 13.0 Å². The number of hydrogen-bond donors (Lipinski definition) is 2. The van der Waals surface area contributed by atoms with Crippen molar-refractivity contribution < 1.29 is 4.79 Å². The maximum atomic E-state index is 12.4. The molecule has 0 bridgehead atoms. The van der Waals surface area contributed by atoms with E-state index in [-0.39, 0.29) is 5.56 Å². The third kappa shape index (κ3) is 2.27. The Balaban J connectivity index is 2.26. The number of amides is 1. The van der Waals surface area contributed by atoms with Gasteiger partial charge in [0, 0.05) is 5.38 Å². The van der Waals surface area contributed by atoms with Crippen molar-refractivity contribution in [1.82, 2.24) is 14.8 Å². The number of aromatic amines is 1. The first-order chi connectivity index (χ1) is 10.1. The highest BCUT2D eigenvalue weighted by atomic mass is 32.1. The number of primary amides is 1. The van der Waals surface area contributed by atoms with Gasteiger partial charge in [-0.05, 0) is 19.1 Å². The molecule has 6 nitrogen and oxygen atoms in total. The number of nitrogens with zero attached hydrogens (tertiary/aromatic N) is 2. The lowest BCUT2D eigenvalue weighted by Gasteiger charge is -2.00. The van der Waals surface area contributed by atoms with Gasteiger partial charge in [0.25, 0.3) is 11.5 Å². The van der Waals surface area contributed by atoms with E-state index < -0.39 is 11.5 Å². The number of aromatic nitrogens is 3. The molecule has 2 aromatic heterocycles. The molecule has 0 atom stereocenters. The molecule has 1 amide bonds. The van der Waals surface area contributed by atoms with Crippen molar-refractivity contribution in [1.29, 1.82) is 0 Å². The number of rotatable bonds is 3. The first-order valence-electron chi connectivity index (χ1n) is 6.20. The van der Waals surface area contributed by atoms with E-state index in [1.165, 1.54) is 16.0 Å². The summed E-state index contributed by atoms with van der Waals surface area (Å²) in [5.41, 5.74) is 6.31. The minimum absolute atomic E-state index is 0.0795. The average molecular weight is 300 g/mol. The largest absolute Gasteiger partial charge is 0.365 e. The average Bonchev–Trinajstić information content (AvgIpc) is 3.03. The summed E-state index contributed by atoms with van der Waals surface area (Å²) >= 11 is 1.44. The lowest BCUT2D eigenvalue weighted by molar-refractivity contribution is 0.1000. The molecule has 0 unspecified atom stereocenters. The highest BCUT2D eigenvalue weighted by Crippen LogP contribution is 2.22. The van der Waals surface area contributed by atoms with Crippen LogP contribution >= 0.6 is 11.3 Å². The molecular weight excluding hydrogens is 288 g/mol. The molecule has 0 spiro atoms. The second kappa shape index (κ2) is 5.02. The van der Waals surface area contributed by atoms with E-state index in [0.717, 1.165) is 5.01 Å². The summed E-state index contributed by atoms with van der Waals surface area (Å²) in [4.78, 5) is 28.3. The van der Waals surface area contributed by atoms with Gasteiger partial charge in [0.05, 0.1) is 16.4 Å². The molecule has 0 saturated carbocycles. The van der Waals surface area contributed by atoms with Crippen LogP contribution in [0.5, 0.6) is 0 Å². The number of carbonyl (C=O) groups excluding carboxylic acids is 1. The van der Waals surface area contributed by atoms with Crippen LogP contribution in [0.4, 0.5) is 0 Å². The van der Waals surface area contributed by atoms with Gasteiger partial charge < -0.3 is 5.73 Å². The van der Waals surface area contributed by atoms with Gasteiger partial charge in [-0.3, -0.25) is 14.7 Å². The number of para-hydroxylation sites is 1. The molecule has 0 aliphatic rings. The standard InChI is InChI=1S/C14H12N4O2S/c1-8-16-10(7-21-8)12-11(13(15)19)14(20)18(17-12)9-5-3-2-4-6-9/h2-7,17H,1H3,(H2,15,19). The predicted octanol–water partition coefficient (Wildman–Crippen LogP) is 1.70. The summed E-state index contributed by atoms with van der Waals surface area (Å²) in [6.45, 7) is 1.85. The van der Waals surface area contributed by atoms with Gasteiger partial charge in [-0.15, -0.1) is 11.3 Å². The summed E-state index contributed by atoms with van der Waals surface area (Å²) in [5.74, 6) is -0.772. The summed E-state index contributed by atoms with van der Waals surface area (Å²) in [6, 6.07) is 8.98. The molecule has 7 heteroatoms. The van der Waals surface area contributed by atoms with Crippen LogP contribution in [0.3, 0.4) is 0 Å². The summed E-state index contributed by atoms with van der Waals surface area (Å²) in [7, 11) is 0. The maximum Gasteiger partial charge on any atom is 0.284 e. The van der Waals surface area contributed by atoms with Crippen LogP contribution in [0.25, 0.3) is 17.1 Å². The van der Waals surface area contributed by atoms with Gasteiger partial charge in [0.1, 0.15) is 11.3 Å². The Hall–Kier alpha value is -2.67. The van der Waals surface area contributed by atoms with Crippen LogP contribution in [0.15, 0.2) is 40.5 Å². The molecular formula is C14H12N4O2S. The van der Waals surface area contributed by atoms with E-state index in [1.54, 1.807) is 29.6 Å². The Morgan fingerprint density at radius 3 is 2.62 bits per heavy atom. The van der Waals surface area contributed by atoms with Crippen molar-refractivity contribution >= 4 is 17.2 Å². The van der Waals surface area contributed by atoms with Gasteiger partial charge in [0.15, 0.2) is 0 Å². The van der Waals surface area contributed by atoms with Crippen LogP contribution in [0, 0.1) is 6.92 Å². The number of nitrogens with two attached hydrogens (primary N) is 1. The summed E-state index contributed by atoms with van der Waals surface area (Å²) in [5, 5.41) is 5.55. The van der Waals surface area contributed by atoms with Crippen LogP contribution in [-0.2, 0) is 0 Å². The molecule has 21 heavy (non-hydrogen) atoms. The van der Waals surface area contributed by atoms with Crippen molar-refractivity contribution in [3.8, 4) is 17.1 Å². The minimum Gasteiger partial charge on any atom is -0.365 e. The molecule has 2 heterocycles. The second-order valence-electron chi connectivity index (χ2n) is 4.45. The zero-order chi connectivity index (χ0) is 15.0. The highest BCUT2D eigenvalue weighted by Gasteiger charge is 2.22.